The molecule has 0 aliphatic carbocycles. The zero-order valence-electron chi connectivity index (χ0n) is 8.26. The predicted molar refractivity (Wildman–Crippen MR) is 56.4 cm³/mol. The molecule has 1 aromatic rings. The van der Waals surface area contributed by atoms with Gasteiger partial charge in [0, 0.05) is 13.1 Å². The van der Waals surface area contributed by atoms with Crippen molar-refractivity contribution in [1.82, 2.24) is 5.01 Å². The largest absolute Gasteiger partial charge is 0.278 e. The zero-order valence-corrected chi connectivity index (χ0v) is 8.26. The van der Waals surface area contributed by atoms with Gasteiger partial charge in [0.25, 0.3) is 0 Å². The van der Waals surface area contributed by atoms with Crippen LogP contribution < -0.4 is 0 Å². The summed E-state index contributed by atoms with van der Waals surface area (Å²) in [5.41, 5.74) is 0.929. The molecule has 1 saturated heterocycles. The lowest BCUT2D eigenvalue weighted by Crippen LogP contribution is -2.23. The van der Waals surface area contributed by atoms with Crippen LogP contribution >= 0.6 is 0 Å². The lowest BCUT2D eigenvalue weighted by atomic mass is 10.2. The van der Waals surface area contributed by atoms with E-state index in [2.05, 4.69) is 15.3 Å². The Kier molecular flexibility index (Phi) is 3.11. The molecule has 1 aromatic carbocycles. The number of hydrogen-bond donors (Lipinski definition) is 0. The minimum atomic E-state index is 0.929. The standard InChI is InChI=1S/C11H15N3/c1-3-7-11(8-4-1)12-13-14-9-5-2-6-10-14/h1,3-4,7-8H,2,5-6,9-10H2. The van der Waals surface area contributed by atoms with Crippen LogP contribution in [0.5, 0.6) is 0 Å². The van der Waals surface area contributed by atoms with E-state index in [1.165, 1.54) is 19.3 Å². The molecule has 2 rings (SSSR count). The van der Waals surface area contributed by atoms with Crippen molar-refractivity contribution in [3.63, 3.8) is 0 Å². The molecular formula is C11H15N3. The van der Waals surface area contributed by atoms with E-state index in [-0.39, 0.29) is 0 Å². The van der Waals surface area contributed by atoms with Gasteiger partial charge in [0.05, 0.1) is 5.69 Å². The van der Waals surface area contributed by atoms with E-state index >= 15 is 0 Å². The highest BCUT2D eigenvalue weighted by Crippen LogP contribution is 2.13. The van der Waals surface area contributed by atoms with Gasteiger partial charge >= 0.3 is 0 Å². The first-order chi connectivity index (χ1) is 6.95. The average Bonchev–Trinajstić information content (AvgIpc) is 2.29. The molecule has 1 aliphatic rings. The number of benzene rings is 1. The fraction of sp³-hybridized carbons (Fsp3) is 0.455. The molecule has 0 spiro atoms. The number of rotatable bonds is 2. The molecule has 0 atom stereocenters. The molecule has 1 aliphatic heterocycles. The fourth-order valence-electron chi connectivity index (χ4n) is 1.58. The summed E-state index contributed by atoms with van der Waals surface area (Å²) in [6.45, 7) is 2.10. The van der Waals surface area contributed by atoms with Gasteiger partial charge < -0.3 is 0 Å². The van der Waals surface area contributed by atoms with E-state index in [0.717, 1.165) is 18.8 Å². The third kappa shape index (κ3) is 2.55. The normalized spacial score (nSPS) is 17.6. The minimum Gasteiger partial charge on any atom is -0.278 e. The summed E-state index contributed by atoms with van der Waals surface area (Å²) in [6.07, 6.45) is 3.82. The number of piperidine rings is 1. The van der Waals surface area contributed by atoms with Crippen molar-refractivity contribution in [3.8, 4) is 0 Å². The molecule has 0 amide bonds. The van der Waals surface area contributed by atoms with Crippen molar-refractivity contribution in [2.75, 3.05) is 13.1 Å². The quantitative estimate of drug-likeness (QED) is 0.657. The Balaban J connectivity index is 1.93. The molecule has 0 bridgehead atoms. The van der Waals surface area contributed by atoms with Gasteiger partial charge in [-0.3, -0.25) is 5.01 Å². The van der Waals surface area contributed by atoms with Gasteiger partial charge in [-0.05, 0) is 31.4 Å². The van der Waals surface area contributed by atoms with Gasteiger partial charge in [0.2, 0.25) is 0 Å². The highest BCUT2D eigenvalue weighted by molar-refractivity contribution is 5.34. The zero-order chi connectivity index (χ0) is 9.64. The van der Waals surface area contributed by atoms with E-state index in [1.54, 1.807) is 0 Å². The van der Waals surface area contributed by atoms with Crippen LogP contribution in [0.3, 0.4) is 0 Å². The molecule has 0 saturated carbocycles. The first-order valence-electron chi connectivity index (χ1n) is 5.17. The molecule has 14 heavy (non-hydrogen) atoms. The molecule has 74 valence electrons. The van der Waals surface area contributed by atoms with Crippen molar-refractivity contribution in [3.05, 3.63) is 30.3 Å². The van der Waals surface area contributed by atoms with Gasteiger partial charge in [-0.15, -0.1) is 5.11 Å². The Morgan fingerprint density at radius 2 is 1.64 bits per heavy atom. The van der Waals surface area contributed by atoms with Gasteiger partial charge in [0.1, 0.15) is 0 Å². The maximum atomic E-state index is 4.21. The van der Waals surface area contributed by atoms with Crippen molar-refractivity contribution in [2.24, 2.45) is 10.3 Å². The molecule has 0 radical (unpaired) electrons. The minimum absolute atomic E-state index is 0.929. The Labute approximate surface area is 84.4 Å². The van der Waals surface area contributed by atoms with Crippen LogP contribution in [0.2, 0.25) is 0 Å². The summed E-state index contributed by atoms with van der Waals surface area (Å²) in [6, 6.07) is 9.87. The maximum Gasteiger partial charge on any atom is 0.0874 e. The van der Waals surface area contributed by atoms with Crippen molar-refractivity contribution < 1.29 is 0 Å². The third-order valence-corrected chi connectivity index (χ3v) is 2.38. The predicted octanol–water partition coefficient (Wildman–Crippen LogP) is 3.17. The second-order valence-electron chi connectivity index (χ2n) is 3.54. The lowest BCUT2D eigenvalue weighted by molar-refractivity contribution is 0.224. The lowest BCUT2D eigenvalue weighted by Gasteiger charge is -2.21. The monoisotopic (exact) mass is 189 g/mol. The Bertz CT molecular complexity index is 289. The Morgan fingerprint density at radius 3 is 2.36 bits per heavy atom. The molecule has 1 fully saturated rings. The van der Waals surface area contributed by atoms with Gasteiger partial charge in [-0.1, -0.05) is 23.4 Å². The van der Waals surface area contributed by atoms with Gasteiger partial charge in [-0.2, -0.15) is 0 Å². The first kappa shape index (κ1) is 9.19. The Morgan fingerprint density at radius 1 is 0.929 bits per heavy atom. The second kappa shape index (κ2) is 4.74. The molecule has 0 unspecified atom stereocenters. The van der Waals surface area contributed by atoms with E-state index in [9.17, 15) is 0 Å². The van der Waals surface area contributed by atoms with Crippen LogP contribution in [0.15, 0.2) is 40.7 Å². The van der Waals surface area contributed by atoms with Crippen LogP contribution in [0.4, 0.5) is 5.69 Å². The molecule has 3 heteroatoms. The summed E-state index contributed by atoms with van der Waals surface area (Å²) in [7, 11) is 0. The smallest absolute Gasteiger partial charge is 0.0874 e. The number of hydrogen-bond acceptors (Lipinski definition) is 2. The van der Waals surface area contributed by atoms with Crippen molar-refractivity contribution in [2.45, 2.75) is 19.3 Å². The molecule has 0 aromatic heterocycles. The molecule has 1 heterocycles. The molecular weight excluding hydrogens is 174 g/mol. The Hall–Kier alpha value is -1.38. The highest BCUT2D eigenvalue weighted by atomic mass is 15.5. The van der Waals surface area contributed by atoms with Crippen LogP contribution in [0.25, 0.3) is 0 Å². The average molecular weight is 189 g/mol. The molecule has 3 nitrogen and oxygen atoms in total. The maximum absolute atomic E-state index is 4.21. The van der Waals surface area contributed by atoms with Crippen LogP contribution in [0.1, 0.15) is 19.3 Å². The number of nitrogens with zero attached hydrogens (tertiary/aromatic N) is 3. The van der Waals surface area contributed by atoms with Crippen LogP contribution in [-0.4, -0.2) is 18.1 Å². The van der Waals surface area contributed by atoms with Crippen LogP contribution in [-0.2, 0) is 0 Å². The second-order valence-corrected chi connectivity index (χ2v) is 3.54. The SMILES string of the molecule is c1ccc(N=NN2CCCCC2)cc1. The summed E-state index contributed by atoms with van der Waals surface area (Å²) < 4.78 is 0. The van der Waals surface area contributed by atoms with Gasteiger partial charge in [0.15, 0.2) is 0 Å². The van der Waals surface area contributed by atoms with E-state index in [4.69, 9.17) is 0 Å². The summed E-state index contributed by atoms with van der Waals surface area (Å²) >= 11 is 0. The van der Waals surface area contributed by atoms with Crippen molar-refractivity contribution in [1.29, 1.82) is 0 Å². The summed E-state index contributed by atoms with van der Waals surface area (Å²) in [5, 5.41) is 10.4. The van der Waals surface area contributed by atoms with E-state index < -0.39 is 0 Å². The highest BCUT2D eigenvalue weighted by Gasteiger charge is 2.06. The third-order valence-electron chi connectivity index (χ3n) is 2.38. The topological polar surface area (TPSA) is 28.0 Å². The van der Waals surface area contributed by atoms with Crippen LogP contribution in [0, 0.1) is 0 Å². The first-order valence-corrected chi connectivity index (χ1v) is 5.17. The summed E-state index contributed by atoms with van der Waals surface area (Å²) in [5.74, 6) is 0. The van der Waals surface area contributed by atoms with E-state index in [0.29, 0.717) is 0 Å². The van der Waals surface area contributed by atoms with Crippen molar-refractivity contribution >= 4 is 5.69 Å². The molecule has 0 N–H and O–H groups in total. The van der Waals surface area contributed by atoms with Gasteiger partial charge in [-0.25, -0.2) is 0 Å². The van der Waals surface area contributed by atoms with E-state index in [1.807, 2.05) is 30.3 Å². The summed E-state index contributed by atoms with van der Waals surface area (Å²) in [4.78, 5) is 0. The fourth-order valence-corrected chi connectivity index (χ4v) is 1.58.